The molecule has 0 heterocycles. The Hall–Kier alpha value is -1.82. The lowest BCUT2D eigenvalue weighted by atomic mass is 9.78. The molecule has 0 aliphatic carbocycles. The first-order valence-electron chi connectivity index (χ1n) is 5.89. The van der Waals surface area contributed by atoms with E-state index in [1.165, 1.54) is 7.11 Å². The van der Waals surface area contributed by atoms with Crippen LogP contribution in [0, 0.1) is 0 Å². The van der Waals surface area contributed by atoms with Gasteiger partial charge < -0.3 is 19.5 Å². The van der Waals surface area contributed by atoms with Gasteiger partial charge in [-0.05, 0) is 17.2 Å². The van der Waals surface area contributed by atoms with Crippen molar-refractivity contribution in [3.05, 3.63) is 48.5 Å². The van der Waals surface area contributed by atoms with Crippen molar-refractivity contribution in [2.75, 3.05) is 13.9 Å². The van der Waals surface area contributed by atoms with Crippen LogP contribution in [0.25, 0.3) is 11.1 Å². The first kappa shape index (κ1) is 13.6. The highest BCUT2D eigenvalue weighted by atomic mass is 16.7. The van der Waals surface area contributed by atoms with Crippen molar-refractivity contribution in [1.29, 1.82) is 0 Å². The number of rotatable bonds is 5. The van der Waals surface area contributed by atoms with Crippen LogP contribution in [-0.4, -0.2) is 31.1 Å². The van der Waals surface area contributed by atoms with Gasteiger partial charge in [-0.1, -0.05) is 42.5 Å². The molecule has 0 aliphatic rings. The molecule has 0 bridgehead atoms. The van der Waals surface area contributed by atoms with Crippen molar-refractivity contribution in [1.82, 2.24) is 0 Å². The molecule has 0 radical (unpaired) electrons. The molecular weight excluding hydrogens is 243 g/mol. The highest BCUT2D eigenvalue weighted by Gasteiger charge is 2.18. The molecule has 98 valence electrons. The smallest absolute Gasteiger partial charge is 0.468 e. The van der Waals surface area contributed by atoms with E-state index in [9.17, 15) is 10.0 Å². The van der Waals surface area contributed by atoms with Crippen LogP contribution in [0.15, 0.2) is 48.5 Å². The summed E-state index contributed by atoms with van der Waals surface area (Å²) in [6.07, 6.45) is 0. The number of benzene rings is 2. The predicted octanol–water partition coefficient (Wildman–Crippen LogP) is 1.02. The van der Waals surface area contributed by atoms with Gasteiger partial charge in [0.1, 0.15) is 5.75 Å². The highest BCUT2D eigenvalue weighted by molar-refractivity contribution is 6.59. The fourth-order valence-electron chi connectivity index (χ4n) is 1.81. The quantitative estimate of drug-likeness (QED) is 0.621. The van der Waals surface area contributed by atoms with Gasteiger partial charge in [0.2, 0.25) is 0 Å². The van der Waals surface area contributed by atoms with Crippen molar-refractivity contribution >= 4 is 12.6 Å². The predicted molar refractivity (Wildman–Crippen MR) is 74.2 cm³/mol. The van der Waals surface area contributed by atoms with Crippen molar-refractivity contribution in [3.63, 3.8) is 0 Å². The van der Waals surface area contributed by atoms with E-state index in [1.807, 2.05) is 36.4 Å². The standard InChI is InChI=1S/C14H15BO4/c1-18-10-19-14-8-7-12(9-13(14)15(16)17)11-5-3-2-4-6-11/h2-9,16-17H,10H2,1H3. The largest absolute Gasteiger partial charge is 0.492 e. The van der Waals surface area contributed by atoms with Gasteiger partial charge in [0.05, 0.1) is 0 Å². The van der Waals surface area contributed by atoms with Crippen LogP contribution in [0.1, 0.15) is 0 Å². The van der Waals surface area contributed by atoms with Gasteiger partial charge in [-0.3, -0.25) is 0 Å². The molecule has 0 amide bonds. The number of hydrogen-bond acceptors (Lipinski definition) is 4. The third-order valence-corrected chi connectivity index (χ3v) is 2.73. The van der Waals surface area contributed by atoms with E-state index in [0.717, 1.165) is 11.1 Å². The van der Waals surface area contributed by atoms with Gasteiger partial charge in [-0.15, -0.1) is 0 Å². The Morgan fingerprint density at radius 3 is 2.37 bits per heavy atom. The van der Waals surface area contributed by atoms with Crippen LogP contribution in [0.3, 0.4) is 0 Å². The Bertz CT molecular complexity index is 528. The molecule has 0 fully saturated rings. The van der Waals surface area contributed by atoms with Crippen molar-refractivity contribution < 1.29 is 19.5 Å². The summed E-state index contributed by atoms with van der Waals surface area (Å²) in [5.74, 6) is 0.400. The Balaban J connectivity index is 2.36. The Kier molecular flexibility index (Phi) is 4.57. The average Bonchev–Trinajstić information content (AvgIpc) is 2.45. The molecular formula is C14H15BO4. The molecule has 0 spiro atoms. The van der Waals surface area contributed by atoms with Gasteiger partial charge >= 0.3 is 7.12 Å². The molecule has 2 N–H and O–H groups in total. The van der Waals surface area contributed by atoms with Crippen LogP contribution in [0.4, 0.5) is 0 Å². The Morgan fingerprint density at radius 2 is 1.74 bits per heavy atom. The molecule has 0 aromatic heterocycles. The van der Waals surface area contributed by atoms with Crippen molar-refractivity contribution in [2.24, 2.45) is 0 Å². The summed E-state index contributed by atoms with van der Waals surface area (Å²) < 4.78 is 10.1. The maximum absolute atomic E-state index is 9.41. The van der Waals surface area contributed by atoms with Gasteiger partial charge in [0.25, 0.3) is 0 Å². The van der Waals surface area contributed by atoms with E-state index in [1.54, 1.807) is 12.1 Å². The minimum atomic E-state index is -1.59. The fourth-order valence-corrected chi connectivity index (χ4v) is 1.81. The summed E-state index contributed by atoms with van der Waals surface area (Å²) in [5, 5.41) is 18.8. The molecule has 0 atom stereocenters. The molecule has 5 heteroatoms. The fraction of sp³-hybridized carbons (Fsp3) is 0.143. The van der Waals surface area contributed by atoms with E-state index < -0.39 is 7.12 Å². The summed E-state index contributed by atoms with van der Waals surface area (Å²) in [6.45, 7) is 0.0599. The second-order valence-corrected chi connectivity index (χ2v) is 4.04. The zero-order valence-electron chi connectivity index (χ0n) is 10.6. The third-order valence-electron chi connectivity index (χ3n) is 2.73. The summed E-state index contributed by atoms with van der Waals surface area (Å²) in [7, 11) is -0.0802. The highest BCUT2D eigenvalue weighted by Crippen LogP contribution is 2.21. The zero-order chi connectivity index (χ0) is 13.7. The van der Waals surface area contributed by atoms with E-state index >= 15 is 0 Å². The minimum Gasteiger partial charge on any atom is -0.468 e. The topological polar surface area (TPSA) is 58.9 Å². The lowest BCUT2D eigenvalue weighted by Crippen LogP contribution is -2.31. The maximum Gasteiger partial charge on any atom is 0.492 e. The molecule has 4 nitrogen and oxygen atoms in total. The van der Waals surface area contributed by atoms with E-state index in [4.69, 9.17) is 9.47 Å². The SMILES string of the molecule is COCOc1ccc(-c2ccccc2)cc1B(O)O. The first-order valence-corrected chi connectivity index (χ1v) is 5.89. The molecule has 2 rings (SSSR count). The van der Waals surface area contributed by atoms with Gasteiger partial charge in [-0.2, -0.15) is 0 Å². The Morgan fingerprint density at radius 1 is 1.00 bits per heavy atom. The second-order valence-electron chi connectivity index (χ2n) is 4.04. The normalized spacial score (nSPS) is 10.3. The summed E-state index contributed by atoms with van der Waals surface area (Å²) in [5.41, 5.74) is 2.22. The summed E-state index contributed by atoms with van der Waals surface area (Å²) >= 11 is 0. The molecule has 2 aromatic carbocycles. The number of methoxy groups -OCH3 is 1. The second kappa shape index (κ2) is 6.38. The summed E-state index contributed by atoms with van der Waals surface area (Å²) in [4.78, 5) is 0. The molecule has 0 saturated heterocycles. The van der Waals surface area contributed by atoms with Crippen LogP contribution in [-0.2, 0) is 4.74 Å². The van der Waals surface area contributed by atoms with Crippen LogP contribution < -0.4 is 10.2 Å². The lowest BCUT2D eigenvalue weighted by Gasteiger charge is -2.12. The Labute approximate surface area is 112 Å². The average molecular weight is 258 g/mol. The van der Waals surface area contributed by atoms with Crippen molar-refractivity contribution in [2.45, 2.75) is 0 Å². The first-order chi connectivity index (χ1) is 9.22. The van der Waals surface area contributed by atoms with Gasteiger partial charge in [-0.25, -0.2) is 0 Å². The maximum atomic E-state index is 9.41. The number of ether oxygens (including phenoxy) is 2. The van der Waals surface area contributed by atoms with Crippen LogP contribution in [0.2, 0.25) is 0 Å². The van der Waals surface area contributed by atoms with Crippen molar-refractivity contribution in [3.8, 4) is 16.9 Å². The molecule has 2 aromatic rings. The van der Waals surface area contributed by atoms with Crippen LogP contribution in [0.5, 0.6) is 5.75 Å². The monoisotopic (exact) mass is 258 g/mol. The number of hydrogen-bond donors (Lipinski definition) is 2. The molecule has 19 heavy (non-hydrogen) atoms. The zero-order valence-corrected chi connectivity index (χ0v) is 10.6. The summed E-state index contributed by atoms with van der Waals surface area (Å²) in [6, 6.07) is 15.0. The molecule has 0 unspecified atom stereocenters. The van der Waals surface area contributed by atoms with E-state index in [-0.39, 0.29) is 6.79 Å². The third kappa shape index (κ3) is 3.35. The van der Waals surface area contributed by atoms with Gasteiger partial charge in [0.15, 0.2) is 6.79 Å². The minimum absolute atomic E-state index is 0.0599. The molecule has 0 saturated carbocycles. The van der Waals surface area contributed by atoms with E-state index in [0.29, 0.717) is 11.2 Å². The van der Waals surface area contributed by atoms with E-state index in [2.05, 4.69) is 0 Å². The van der Waals surface area contributed by atoms with Gasteiger partial charge in [0, 0.05) is 12.6 Å². The molecule has 0 aliphatic heterocycles. The van der Waals surface area contributed by atoms with Crippen LogP contribution >= 0.6 is 0 Å². The lowest BCUT2D eigenvalue weighted by molar-refractivity contribution is 0.0517.